The minimum atomic E-state index is -0.651. The molecule has 0 aliphatic heterocycles. The van der Waals surface area contributed by atoms with E-state index in [4.69, 9.17) is 19.9 Å². The normalized spacial score (nSPS) is 12.7. The van der Waals surface area contributed by atoms with Crippen LogP contribution in [-0.4, -0.2) is 25.4 Å². The first-order valence-electron chi connectivity index (χ1n) is 8.47. The van der Waals surface area contributed by atoms with Gasteiger partial charge < -0.3 is 25.1 Å². The number of halogens is 1. The third kappa shape index (κ3) is 5.53. The average Bonchev–Trinajstić information content (AvgIpc) is 2.66. The van der Waals surface area contributed by atoms with Crippen molar-refractivity contribution in [2.45, 2.75) is 38.5 Å². The molecule has 5 nitrogen and oxygen atoms in total. The van der Waals surface area contributed by atoms with Crippen molar-refractivity contribution in [1.29, 1.82) is 0 Å². The summed E-state index contributed by atoms with van der Waals surface area (Å²) in [5.41, 5.74) is 8.03. The number of ether oxygens (including phenoxy) is 3. The van der Waals surface area contributed by atoms with Crippen molar-refractivity contribution in [1.82, 2.24) is 0 Å². The Hall–Kier alpha value is -1.95. The van der Waals surface area contributed by atoms with Crippen molar-refractivity contribution in [2.75, 3.05) is 14.2 Å². The summed E-state index contributed by atoms with van der Waals surface area (Å²) in [7, 11) is 3.14. The van der Waals surface area contributed by atoms with Crippen molar-refractivity contribution in [2.24, 2.45) is 5.73 Å². The second-order valence-electron chi connectivity index (χ2n) is 5.90. The number of aliphatic hydroxyl groups is 1. The van der Waals surface area contributed by atoms with Crippen molar-refractivity contribution in [3.05, 3.63) is 53.6 Å². The number of hydrogen-bond donors (Lipinski definition) is 2. The molecule has 0 unspecified atom stereocenters. The molecule has 0 bridgehead atoms. The lowest BCUT2D eigenvalue weighted by Gasteiger charge is -2.23. The smallest absolute Gasteiger partial charge is 0.164 e. The van der Waals surface area contributed by atoms with Crippen molar-refractivity contribution in [3.8, 4) is 17.2 Å². The first kappa shape index (κ1) is 22.1. The lowest BCUT2D eigenvalue weighted by Crippen LogP contribution is -2.26. The van der Waals surface area contributed by atoms with E-state index < -0.39 is 12.1 Å². The van der Waals surface area contributed by atoms with E-state index in [-0.39, 0.29) is 12.4 Å². The van der Waals surface area contributed by atoms with Gasteiger partial charge in [0.2, 0.25) is 0 Å². The molecule has 2 aromatic carbocycles. The number of methoxy groups -OCH3 is 2. The second kappa shape index (κ2) is 10.9. The van der Waals surface area contributed by atoms with Crippen LogP contribution in [0.5, 0.6) is 17.2 Å². The van der Waals surface area contributed by atoms with E-state index in [1.165, 1.54) is 0 Å². The summed E-state index contributed by atoms with van der Waals surface area (Å²) in [6.07, 6.45) is 0.817. The Labute approximate surface area is 161 Å². The predicted octanol–water partition coefficient (Wildman–Crippen LogP) is 3.87. The van der Waals surface area contributed by atoms with Crippen molar-refractivity contribution in [3.63, 3.8) is 0 Å². The van der Waals surface area contributed by atoms with Gasteiger partial charge in [-0.25, -0.2) is 0 Å². The Morgan fingerprint density at radius 3 is 2.19 bits per heavy atom. The number of aliphatic hydroxyl groups excluding tert-OH is 1. The summed E-state index contributed by atoms with van der Waals surface area (Å²) in [6.45, 7) is 2.41. The van der Waals surface area contributed by atoms with Crippen LogP contribution in [0.25, 0.3) is 0 Å². The van der Waals surface area contributed by atoms with Gasteiger partial charge in [-0.1, -0.05) is 43.7 Å². The van der Waals surface area contributed by atoms with Gasteiger partial charge in [0.15, 0.2) is 11.5 Å². The van der Waals surface area contributed by atoms with Gasteiger partial charge in [0.25, 0.3) is 0 Å². The molecule has 0 saturated carbocycles. The molecule has 6 heteroatoms. The maximum absolute atomic E-state index is 10.3. The minimum absolute atomic E-state index is 0. The fourth-order valence-corrected chi connectivity index (χ4v) is 2.68. The van der Waals surface area contributed by atoms with Crippen molar-refractivity contribution < 1.29 is 19.3 Å². The van der Waals surface area contributed by atoms with Crippen LogP contribution in [0.15, 0.2) is 42.5 Å². The number of hydrogen-bond acceptors (Lipinski definition) is 5. The maximum Gasteiger partial charge on any atom is 0.164 e. The molecule has 0 aliphatic rings. The van der Waals surface area contributed by atoms with Gasteiger partial charge in [0.1, 0.15) is 12.4 Å². The lowest BCUT2D eigenvalue weighted by molar-refractivity contribution is 0.132. The summed E-state index contributed by atoms with van der Waals surface area (Å²) in [6, 6.07) is 12.8. The Morgan fingerprint density at radius 2 is 1.62 bits per heavy atom. The zero-order valence-electron chi connectivity index (χ0n) is 15.5. The maximum atomic E-state index is 10.3. The molecule has 26 heavy (non-hydrogen) atoms. The summed E-state index contributed by atoms with van der Waals surface area (Å²) in [5.74, 6) is 1.71. The molecule has 0 spiro atoms. The second-order valence-corrected chi connectivity index (χ2v) is 5.90. The third-order valence-corrected chi connectivity index (χ3v) is 4.11. The first-order valence-corrected chi connectivity index (χ1v) is 8.47. The molecule has 0 heterocycles. The molecule has 0 aromatic heterocycles. The van der Waals surface area contributed by atoms with E-state index in [1.54, 1.807) is 26.4 Å². The van der Waals surface area contributed by atoms with Crippen LogP contribution >= 0.6 is 12.4 Å². The summed E-state index contributed by atoms with van der Waals surface area (Å²) in [5, 5.41) is 10.3. The molecular weight excluding hydrogens is 354 g/mol. The molecule has 0 amide bonds. The highest BCUT2D eigenvalue weighted by Crippen LogP contribution is 2.38. The lowest BCUT2D eigenvalue weighted by atomic mass is 9.97. The summed E-state index contributed by atoms with van der Waals surface area (Å²) < 4.78 is 16.7. The van der Waals surface area contributed by atoms with Gasteiger partial charge >= 0.3 is 0 Å². The van der Waals surface area contributed by atoms with Crippen LogP contribution in [0.2, 0.25) is 0 Å². The van der Waals surface area contributed by atoms with E-state index in [0.717, 1.165) is 12.0 Å². The molecule has 2 atom stereocenters. The van der Waals surface area contributed by atoms with Gasteiger partial charge in [-0.3, -0.25) is 0 Å². The molecule has 0 fully saturated rings. The van der Waals surface area contributed by atoms with Gasteiger partial charge in [-0.15, -0.1) is 12.4 Å². The molecule has 144 valence electrons. The van der Waals surface area contributed by atoms with Gasteiger partial charge in [-0.2, -0.15) is 0 Å². The van der Waals surface area contributed by atoms with Crippen LogP contribution in [-0.2, 0) is 6.61 Å². The Balaban J connectivity index is 0.00000338. The summed E-state index contributed by atoms with van der Waals surface area (Å²) in [4.78, 5) is 0. The van der Waals surface area contributed by atoms with Crippen LogP contribution in [0.4, 0.5) is 0 Å². The summed E-state index contributed by atoms with van der Waals surface area (Å²) >= 11 is 0. The third-order valence-electron chi connectivity index (χ3n) is 4.11. The van der Waals surface area contributed by atoms with Crippen molar-refractivity contribution >= 4 is 12.4 Å². The van der Waals surface area contributed by atoms with Gasteiger partial charge in [0, 0.05) is 11.6 Å². The molecule has 2 aromatic rings. The highest BCUT2D eigenvalue weighted by molar-refractivity contribution is 5.85. The number of rotatable bonds is 9. The first-order chi connectivity index (χ1) is 12.1. The largest absolute Gasteiger partial charge is 0.493 e. The van der Waals surface area contributed by atoms with E-state index in [9.17, 15) is 5.11 Å². The Morgan fingerprint density at radius 1 is 1.00 bits per heavy atom. The zero-order valence-corrected chi connectivity index (χ0v) is 16.3. The number of benzene rings is 2. The molecule has 0 aliphatic carbocycles. The van der Waals surface area contributed by atoms with Crippen LogP contribution in [0.3, 0.4) is 0 Å². The molecule has 3 N–H and O–H groups in total. The van der Waals surface area contributed by atoms with Crippen LogP contribution in [0, 0.1) is 0 Å². The Bertz CT molecular complexity index is 666. The molecular formula is C20H28ClNO4. The topological polar surface area (TPSA) is 73.9 Å². The minimum Gasteiger partial charge on any atom is -0.493 e. The quantitative estimate of drug-likeness (QED) is 0.689. The highest BCUT2D eigenvalue weighted by Gasteiger charge is 2.23. The SMILES string of the molecule is CCC[C@H](O)[C@H](N)c1cc(OC)c(OC)cc1OCc1ccccc1.Cl. The molecule has 0 saturated heterocycles. The van der Waals surface area contributed by atoms with Crippen LogP contribution in [0.1, 0.15) is 36.9 Å². The van der Waals surface area contributed by atoms with E-state index in [0.29, 0.717) is 35.8 Å². The zero-order chi connectivity index (χ0) is 18.2. The average molecular weight is 382 g/mol. The highest BCUT2D eigenvalue weighted by atomic mass is 35.5. The molecule has 2 rings (SSSR count). The molecule has 0 radical (unpaired) electrons. The monoisotopic (exact) mass is 381 g/mol. The van der Waals surface area contributed by atoms with Gasteiger partial charge in [0.05, 0.1) is 26.4 Å². The standard InChI is InChI=1S/C20H27NO4.ClH/c1-4-8-16(22)20(21)15-11-18(23-2)19(24-3)12-17(15)25-13-14-9-6-5-7-10-14;/h5-7,9-12,16,20,22H,4,8,13,21H2,1-3H3;1H/t16-,20+;/m0./s1. The van der Waals surface area contributed by atoms with Crippen LogP contribution < -0.4 is 19.9 Å². The predicted molar refractivity (Wildman–Crippen MR) is 105 cm³/mol. The van der Waals surface area contributed by atoms with E-state index in [2.05, 4.69) is 0 Å². The van der Waals surface area contributed by atoms with E-state index >= 15 is 0 Å². The fraction of sp³-hybridized carbons (Fsp3) is 0.400. The van der Waals surface area contributed by atoms with E-state index in [1.807, 2.05) is 37.3 Å². The van der Waals surface area contributed by atoms with Gasteiger partial charge in [-0.05, 0) is 18.1 Å². The fourth-order valence-electron chi connectivity index (χ4n) is 2.68. The number of nitrogens with two attached hydrogens (primary N) is 1. The Kier molecular flexibility index (Phi) is 9.27.